The largest absolute Gasteiger partial charge is 0.476 e. The van der Waals surface area contributed by atoms with Gasteiger partial charge in [-0.15, -0.1) is 0 Å². The van der Waals surface area contributed by atoms with Crippen LogP contribution in [0.1, 0.15) is 16.2 Å². The van der Waals surface area contributed by atoms with Crippen LogP contribution < -0.4 is 0 Å². The predicted molar refractivity (Wildman–Crippen MR) is 66.0 cm³/mol. The number of aromatic nitrogens is 2. The molecule has 102 valence electrons. The van der Waals surface area contributed by atoms with Crippen molar-refractivity contribution in [3.05, 3.63) is 30.4 Å². The maximum atomic E-state index is 11.7. The zero-order chi connectivity index (χ0) is 13.8. The summed E-state index contributed by atoms with van der Waals surface area (Å²) in [5, 5.41) is 9.02. The molecule has 7 heteroatoms. The summed E-state index contributed by atoms with van der Waals surface area (Å²) >= 11 is 0. The number of carbonyl (C=O) groups excluding carboxylic acids is 1. The Balaban J connectivity index is 2.07. The van der Waals surface area contributed by atoms with E-state index in [1.807, 2.05) is 0 Å². The number of fused-ring (bicyclic) bond motifs is 1. The maximum Gasteiger partial charge on any atom is 0.410 e. The summed E-state index contributed by atoms with van der Waals surface area (Å²) in [6, 6.07) is 0. The number of ether oxygens (including phenoxy) is 1. The highest BCUT2D eigenvalue weighted by Gasteiger charge is 2.23. The zero-order valence-corrected chi connectivity index (χ0v) is 10.4. The molecule has 1 aromatic rings. The van der Waals surface area contributed by atoms with Gasteiger partial charge in [-0.2, -0.15) is 0 Å². The Bertz CT molecular complexity index is 509. The van der Waals surface area contributed by atoms with Crippen LogP contribution in [0.5, 0.6) is 0 Å². The SMILES string of the molecule is C=CCOC(=O)N1CCc2c(C(=O)O)ncn2CC1. The third-order valence-corrected chi connectivity index (χ3v) is 2.96. The van der Waals surface area contributed by atoms with Crippen LogP contribution in [0, 0.1) is 0 Å². The molecule has 1 N–H and O–H groups in total. The fourth-order valence-electron chi connectivity index (χ4n) is 2.03. The van der Waals surface area contributed by atoms with Crippen molar-refractivity contribution in [3.8, 4) is 0 Å². The summed E-state index contributed by atoms with van der Waals surface area (Å²) < 4.78 is 6.74. The molecule has 0 unspecified atom stereocenters. The number of carbonyl (C=O) groups is 2. The summed E-state index contributed by atoms with van der Waals surface area (Å²) in [4.78, 5) is 28.2. The van der Waals surface area contributed by atoms with Crippen LogP contribution in [0.25, 0.3) is 0 Å². The molecule has 0 radical (unpaired) electrons. The van der Waals surface area contributed by atoms with Crippen molar-refractivity contribution in [2.75, 3.05) is 19.7 Å². The number of amides is 1. The molecule has 2 heterocycles. The molecule has 1 aliphatic heterocycles. The minimum Gasteiger partial charge on any atom is -0.476 e. The summed E-state index contributed by atoms with van der Waals surface area (Å²) in [6.07, 6.45) is 3.05. The summed E-state index contributed by atoms with van der Waals surface area (Å²) in [6.45, 7) is 5.05. The molecule has 2 rings (SSSR count). The molecule has 1 aliphatic rings. The fraction of sp³-hybridized carbons (Fsp3) is 0.417. The van der Waals surface area contributed by atoms with Crippen LogP contribution in [0.4, 0.5) is 4.79 Å². The molecule has 0 saturated carbocycles. The average Bonchev–Trinajstić information content (AvgIpc) is 2.68. The molecule has 19 heavy (non-hydrogen) atoms. The lowest BCUT2D eigenvalue weighted by molar-refractivity contribution is 0.0689. The first-order valence-electron chi connectivity index (χ1n) is 5.93. The molecule has 1 aromatic heterocycles. The van der Waals surface area contributed by atoms with Gasteiger partial charge in [-0.05, 0) is 0 Å². The lowest BCUT2D eigenvalue weighted by Gasteiger charge is -2.18. The van der Waals surface area contributed by atoms with Gasteiger partial charge in [0, 0.05) is 26.1 Å². The van der Waals surface area contributed by atoms with Crippen molar-refractivity contribution in [1.82, 2.24) is 14.5 Å². The highest BCUT2D eigenvalue weighted by Crippen LogP contribution is 2.14. The molecule has 0 aliphatic carbocycles. The summed E-state index contributed by atoms with van der Waals surface area (Å²) in [5.41, 5.74) is 0.702. The first-order valence-corrected chi connectivity index (χ1v) is 5.93. The van der Waals surface area contributed by atoms with Crippen LogP contribution in [0.3, 0.4) is 0 Å². The second-order valence-electron chi connectivity index (χ2n) is 4.14. The van der Waals surface area contributed by atoms with E-state index in [2.05, 4.69) is 11.6 Å². The predicted octanol–water partition coefficient (Wildman–Crippen LogP) is 0.762. The Hall–Kier alpha value is -2.31. The van der Waals surface area contributed by atoms with Crippen LogP contribution in [-0.2, 0) is 17.7 Å². The van der Waals surface area contributed by atoms with Crippen molar-refractivity contribution in [3.63, 3.8) is 0 Å². The number of rotatable bonds is 3. The number of hydrogen-bond donors (Lipinski definition) is 1. The van der Waals surface area contributed by atoms with E-state index >= 15 is 0 Å². The average molecular weight is 265 g/mol. The van der Waals surface area contributed by atoms with Gasteiger partial charge in [0.2, 0.25) is 0 Å². The standard InChI is InChI=1S/C12H15N3O4/c1-2-7-19-12(18)14-4-3-9-10(11(16)17)13-8-15(9)6-5-14/h2,8H,1,3-7H2,(H,16,17). The van der Waals surface area contributed by atoms with Crippen LogP contribution >= 0.6 is 0 Å². The van der Waals surface area contributed by atoms with Crippen molar-refractivity contribution in [2.45, 2.75) is 13.0 Å². The second-order valence-corrected chi connectivity index (χ2v) is 4.14. The van der Waals surface area contributed by atoms with Gasteiger partial charge in [0.25, 0.3) is 0 Å². The Morgan fingerprint density at radius 1 is 1.47 bits per heavy atom. The quantitative estimate of drug-likeness (QED) is 0.816. The Morgan fingerprint density at radius 3 is 2.95 bits per heavy atom. The molecule has 7 nitrogen and oxygen atoms in total. The van der Waals surface area contributed by atoms with Gasteiger partial charge in [0.15, 0.2) is 5.69 Å². The Morgan fingerprint density at radius 2 is 2.26 bits per heavy atom. The van der Waals surface area contributed by atoms with E-state index in [-0.39, 0.29) is 12.3 Å². The van der Waals surface area contributed by atoms with E-state index in [4.69, 9.17) is 9.84 Å². The van der Waals surface area contributed by atoms with E-state index < -0.39 is 12.1 Å². The topological polar surface area (TPSA) is 84.7 Å². The van der Waals surface area contributed by atoms with Gasteiger partial charge in [-0.25, -0.2) is 14.6 Å². The molecule has 0 saturated heterocycles. The van der Waals surface area contributed by atoms with Gasteiger partial charge in [-0.3, -0.25) is 0 Å². The third kappa shape index (κ3) is 2.75. The van der Waals surface area contributed by atoms with Crippen molar-refractivity contribution in [1.29, 1.82) is 0 Å². The molecular weight excluding hydrogens is 250 g/mol. The minimum absolute atomic E-state index is 0.0568. The van der Waals surface area contributed by atoms with E-state index in [1.165, 1.54) is 12.4 Å². The first-order chi connectivity index (χ1) is 9.13. The Kier molecular flexibility index (Phi) is 3.84. The number of nitrogens with zero attached hydrogens (tertiary/aromatic N) is 3. The zero-order valence-electron chi connectivity index (χ0n) is 10.4. The summed E-state index contributed by atoms with van der Waals surface area (Å²) in [7, 11) is 0. The van der Waals surface area contributed by atoms with Crippen LogP contribution in [0.2, 0.25) is 0 Å². The highest BCUT2D eigenvalue weighted by atomic mass is 16.6. The number of hydrogen-bond acceptors (Lipinski definition) is 4. The number of carboxylic acid groups (broad SMARTS) is 1. The van der Waals surface area contributed by atoms with Crippen molar-refractivity contribution in [2.24, 2.45) is 0 Å². The number of carboxylic acids is 1. The monoisotopic (exact) mass is 265 g/mol. The lowest BCUT2D eigenvalue weighted by Crippen LogP contribution is -2.34. The number of aromatic carboxylic acids is 1. The molecule has 0 spiro atoms. The molecule has 0 aromatic carbocycles. The van der Waals surface area contributed by atoms with Crippen LogP contribution in [0.15, 0.2) is 19.0 Å². The second kappa shape index (κ2) is 5.55. The molecule has 0 atom stereocenters. The highest BCUT2D eigenvalue weighted by molar-refractivity contribution is 5.86. The van der Waals surface area contributed by atoms with Gasteiger partial charge in [0.05, 0.1) is 12.0 Å². The van der Waals surface area contributed by atoms with Gasteiger partial charge >= 0.3 is 12.1 Å². The van der Waals surface area contributed by atoms with E-state index in [0.29, 0.717) is 31.7 Å². The van der Waals surface area contributed by atoms with Crippen molar-refractivity contribution < 1.29 is 19.4 Å². The minimum atomic E-state index is -1.04. The van der Waals surface area contributed by atoms with Gasteiger partial charge in [0.1, 0.15) is 6.61 Å². The summed E-state index contributed by atoms with van der Waals surface area (Å²) in [5.74, 6) is -1.04. The lowest BCUT2D eigenvalue weighted by atomic mass is 10.2. The van der Waals surface area contributed by atoms with E-state index in [1.54, 1.807) is 9.47 Å². The smallest absolute Gasteiger partial charge is 0.410 e. The van der Waals surface area contributed by atoms with Gasteiger partial charge in [-0.1, -0.05) is 12.7 Å². The molecule has 0 fully saturated rings. The molecular formula is C12H15N3O4. The van der Waals surface area contributed by atoms with Crippen molar-refractivity contribution >= 4 is 12.1 Å². The maximum absolute atomic E-state index is 11.7. The normalized spacial score (nSPS) is 14.4. The first kappa shape index (κ1) is 13.1. The van der Waals surface area contributed by atoms with E-state index in [9.17, 15) is 9.59 Å². The van der Waals surface area contributed by atoms with Gasteiger partial charge < -0.3 is 19.3 Å². The number of imidazole rings is 1. The molecule has 1 amide bonds. The Labute approximate surface area is 110 Å². The molecule has 0 bridgehead atoms. The van der Waals surface area contributed by atoms with Crippen LogP contribution in [-0.4, -0.2) is 51.3 Å². The third-order valence-electron chi connectivity index (χ3n) is 2.96. The van der Waals surface area contributed by atoms with E-state index in [0.717, 1.165) is 0 Å². The fourth-order valence-corrected chi connectivity index (χ4v) is 2.03.